The Balaban J connectivity index is 2.16. The molecule has 0 aliphatic carbocycles. The fraction of sp³-hybridized carbons (Fsp3) is 0.300. The topological polar surface area (TPSA) is 67.4 Å². The lowest BCUT2D eigenvalue weighted by Crippen LogP contribution is -2.24. The number of ether oxygens (including phenoxy) is 1. The summed E-state index contributed by atoms with van der Waals surface area (Å²) in [5, 5.41) is 5.42. The molecule has 5 nitrogen and oxygen atoms in total. The van der Waals surface area contributed by atoms with E-state index in [9.17, 15) is 9.59 Å². The third kappa shape index (κ3) is 3.09. The van der Waals surface area contributed by atoms with Gasteiger partial charge in [0.15, 0.2) is 0 Å². The number of benzene rings is 2. The Morgan fingerprint density at radius 3 is 2.48 bits per heavy atom. The predicted octanol–water partition coefficient (Wildman–Crippen LogP) is 2.71. The molecule has 130 valence electrons. The van der Waals surface area contributed by atoms with Crippen LogP contribution in [-0.2, 0) is 0 Å². The van der Waals surface area contributed by atoms with Crippen LogP contribution in [0.2, 0.25) is 0 Å². The SMILES string of the molecule is CCNC(=O)c1cc(C(=O)NC)c2c(c1)C(c1ccccc1)C(C)O2. The van der Waals surface area contributed by atoms with Crippen molar-refractivity contribution in [2.75, 3.05) is 13.6 Å². The predicted molar refractivity (Wildman–Crippen MR) is 96.2 cm³/mol. The molecule has 5 heteroatoms. The molecular weight excluding hydrogens is 316 g/mol. The fourth-order valence-electron chi connectivity index (χ4n) is 3.33. The molecule has 0 bridgehead atoms. The van der Waals surface area contributed by atoms with Gasteiger partial charge >= 0.3 is 0 Å². The van der Waals surface area contributed by atoms with Crippen molar-refractivity contribution in [2.24, 2.45) is 0 Å². The van der Waals surface area contributed by atoms with Gasteiger partial charge in [0.25, 0.3) is 11.8 Å². The largest absolute Gasteiger partial charge is 0.489 e. The van der Waals surface area contributed by atoms with Gasteiger partial charge in [-0.25, -0.2) is 0 Å². The number of fused-ring (bicyclic) bond motifs is 1. The Hall–Kier alpha value is -2.82. The fourth-order valence-corrected chi connectivity index (χ4v) is 3.33. The molecule has 0 radical (unpaired) electrons. The maximum absolute atomic E-state index is 12.3. The standard InChI is InChI=1S/C20H22N2O3/c1-4-22-19(23)14-10-15-17(13-8-6-5-7-9-13)12(2)25-18(15)16(11-14)20(24)21-3/h5-12,17H,4H2,1-3H3,(H,21,24)(H,22,23). The number of rotatable bonds is 4. The minimum absolute atomic E-state index is 0.0195. The third-order valence-corrected chi connectivity index (χ3v) is 4.46. The second-order valence-corrected chi connectivity index (χ2v) is 6.09. The van der Waals surface area contributed by atoms with Crippen molar-refractivity contribution in [1.29, 1.82) is 0 Å². The lowest BCUT2D eigenvalue weighted by molar-refractivity contribution is 0.0955. The van der Waals surface area contributed by atoms with Gasteiger partial charge < -0.3 is 15.4 Å². The molecule has 2 atom stereocenters. The van der Waals surface area contributed by atoms with Crippen LogP contribution in [0.4, 0.5) is 0 Å². The van der Waals surface area contributed by atoms with Gasteiger partial charge in [0, 0.05) is 30.6 Å². The van der Waals surface area contributed by atoms with Crippen molar-refractivity contribution in [3.8, 4) is 5.75 Å². The first-order valence-electron chi connectivity index (χ1n) is 8.46. The second-order valence-electron chi connectivity index (χ2n) is 6.09. The van der Waals surface area contributed by atoms with E-state index >= 15 is 0 Å². The summed E-state index contributed by atoms with van der Waals surface area (Å²) in [5.41, 5.74) is 2.84. The zero-order chi connectivity index (χ0) is 18.0. The van der Waals surface area contributed by atoms with E-state index in [1.54, 1.807) is 13.1 Å². The van der Waals surface area contributed by atoms with Crippen LogP contribution >= 0.6 is 0 Å². The molecule has 0 aromatic heterocycles. The average molecular weight is 338 g/mol. The Morgan fingerprint density at radius 2 is 1.84 bits per heavy atom. The number of amides is 2. The first-order valence-corrected chi connectivity index (χ1v) is 8.46. The van der Waals surface area contributed by atoms with Crippen molar-refractivity contribution < 1.29 is 14.3 Å². The molecule has 2 aromatic rings. The van der Waals surface area contributed by atoms with Gasteiger partial charge in [-0.1, -0.05) is 30.3 Å². The van der Waals surface area contributed by atoms with Crippen molar-refractivity contribution in [1.82, 2.24) is 10.6 Å². The highest BCUT2D eigenvalue weighted by Crippen LogP contribution is 2.44. The first kappa shape index (κ1) is 17.0. The number of carbonyl (C=O) groups is 2. The molecule has 2 aromatic carbocycles. The minimum atomic E-state index is -0.261. The van der Waals surface area contributed by atoms with E-state index in [1.807, 2.05) is 50.2 Å². The maximum Gasteiger partial charge on any atom is 0.254 e. The number of nitrogens with one attached hydrogen (secondary N) is 2. The summed E-state index contributed by atoms with van der Waals surface area (Å²) >= 11 is 0. The Morgan fingerprint density at radius 1 is 1.12 bits per heavy atom. The molecule has 2 N–H and O–H groups in total. The van der Waals surface area contributed by atoms with E-state index in [0.717, 1.165) is 11.1 Å². The van der Waals surface area contributed by atoms with Crippen molar-refractivity contribution in [2.45, 2.75) is 25.9 Å². The lowest BCUT2D eigenvalue weighted by atomic mass is 9.87. The molecular formula is C20H22N2O3. The summed E-state index contributed by atoms with van der Waals surface area (Å²) in [6.07, 6.45) is -0.120. The number of hydrogen-bond donors (Lipinski definition) is 2. The van der Waals surface area contributed by atoms with E-state index in [0.29, 0.717) is 23.4 Å². The van der Waals surface area contributed by atoms with E-state index in [-0.39, 0.29) is 23.8 Å². The summed E-state index contributed by atoms with van der Waals surface area (Å²) in [6.45, 7) is 4.38. The smallest absolute Gasteiger partial charge is 0.254 e. The van der Waals surface area contributed by atoms with E-state index < -0.39 is 0 Å². The van der Waals surface area contributed by atoms with Gasteiger partial charge in [0.05, 0.1) is 5.56 Å². The van der Waals surface area contributed by atoms with Crippen LogP contribution in [0.25, 0.3) is 0 Å². The Kier molecular flexibility index (Phi) is 4.74. The van der Waals surface area contributed by atoms with Crippen LogP contribution in [0.5, 0.6) is 5.75 Å². The molecule has 3 rings (SSSR count). The zero-order valence-electron chi connectivity index (χ0n) is 14.6. The molecule has 2 amide bonds. The average Bonchev–Trinajstić information content (AvgIpc) is 2.96. The molecule has 0 saturated carbocycles. The van der Waals surface area contributed by atoms with Crippen LogP contribution in [0.15, 0.2) is 42.5 Å². The van der Waals surface area contributed by atoms with E-state index in [4.69, 9.17) is 4.74 Å². The zero-order valence-corrected chi connectivity index (χ0v) is 14.6. The Bertz CT molecular complexity index is 802. The third-order valence-electron chi connectivity index (χ3n) is 4.46. The maximum atomic E-state index is 12.3. The van der Waals surface area contributed by atoms with Crippen molar-refractivity contribution in [3.05, 3.63) is 64.7 Å². The molecule has 0 saturated heterocycles. The summed E-state index contributed by atoms with van der Waals surface area (Å²) in [5.74, 6) is 0.0906. The highest BCUT2D eigenvalue weighted by atomic mass is 16.5. The molecule has 0 fully saturated rings. The summed E-state index contributed by atoms with van der Waals surface area (Å²) in [6, 6.07) is 13.4. The quantitative estimate of drug-likeness (QED) is 0.901. The van der Waals surface area contributed by atoms with Crippen LogP contribution in [0, 0.1) is 0 Å². The van der Waals surface area contributed by atoms with Crippen molar-refractivity contribution in [3.63, 3.8) is 0 Å². The summed E-state index contributed by atoms with van der Waals surface area (Å²) in [4.78, 5) is 24.7. The lowest BCUT2D eigenvalue weighted by Gasteiger charge is -2.15. The van der Waals surface area contributed by atoms with Gasteiger partial charge in [0.2, 0.25) is 0 Å². The molecule has 1 heterocycles. The summed E-state index contributed by atoms with van der Waals surface area (Å²) in [7, 11) is 1.57. The molecule has 1 aliphatic heterocycles. The van der Waals surface area contributed by atoms with Crippen LogP contribution < -0.4 is 15.4 Å². The van der Waals surface area contributed by atoms with Crippen molar-refractivity contribution >= 4 is 11.8 Å². The monoisotopic (exact) mass is 338 g/mol. The molecule has 2 unspecified atom stereocenters. The molecule has 25 heavy (non-hydrogen) atoms. The van der Waals surface area contributed by atoms with Crippen LogP contribution in [0.3, 0.4) is 0 Å². The normalized spacial score (nSPS) is 18.2. The Labute approximate surface area is 147 Å². The second kappa shape index (κ2) is 6.97. The summed E-state index contributed by atoms with van der Waals surface area (Å²) < 4.78 is 6.03. The highest BCUT2D eigenvalue weighted by molar-refractivity contribution is 6.02. The van der Waals surface area contributed by atoms with E-state index in [1.165, 1.54) is 0 Å². The first-order chi connectivity index (χ1) is 12.1. The minimum Gasteiger partial charge on any atom is -0.489 e. The number of hydrogen-bond acceptors (Lipinski definition) is 3. The highest BCUT2D eigenvalue weighted by Gasteiger charge is 2.36. The molecule has 0 spiro atoms. The molecule has 1 aliphatic rings. The van der Waals surface area contributed by atoms with Gasteiger partial charge in [-0.3, -0.25) is 9.59 Å². The number of carbonyl (C=O) groups excluding carboxylic acids is 2. The van der Waals surface area contributed by atoms with E-state index in [2.05, 4.69) is 10.6 Å². The van der Waals surface area contributed by atoms with Gasteiger partial charge in [-0.2, -0.15) is 0 Å². The van der Waals surface area contributed by atoms with Crippen LogP contribution in [-0.4, -0.2) is 31.5 Å². The van der Waals surface area contributed by atoms with Gasteiger partial charge in [-0.05, 0) is 31.5 Å². The van der Waals surface area contributed by atoms with Crippen LogP contribution in [0.1, 0.15) is 51.6 Å². The van der Waals surface area contributed by atoms with Gasteiger partial charge in [0.1, 0.15) is 11.9 Å². The van der Waals surface area contributed by atoms with Gasteiger partial charge in [-0.15, -0.1) is 0 Å².